The van der Waals surface area contributed by atoms with Crippen molar-refractivity contribution in [2.45, 2.75) is 380 Å². The van der Waals surface area contributed by atoms with Gasteiger partial charge in [0.2, 0.25) is 0 Å². The highest BCUT2D eigenvalue weighted by Gasteiger charge is 2.30. The van der Waals surface area contributed by atoms with Gasteiger partial charge in [-0.1, -0.05) is 282 Å². The minimum absolute atomic E-state index is 0.0859. The van der Waals surface area contributed by atoms with Crippen LogP contribution in [0.3, 0.4) is 0 Å². The van der Waals surface area contributed by atoms with Crippen molar-refractivity contribution in [3.63, 3.8) is 0 Å². The Labute approximate surface area is 585 Å². The number of aliphatic hydroxyl groups is 1. The van der Waals surface area contributed by atoms with Gasteiger partial charge in [-0.3, -0.25) is 37.3 Å². The second kappa shape index (κ2) is 70.5. The van der Waals surface area contributed by atoms with Gasteiger partial charge >= 0.3 is 39.5 Å². The summed E-state index contributed by atoms with van der Waals surface area (Å²) in [6.07, 6.45) is 66.6. The zero-order valence-corrected chi connectivity index (χ0v) is 63.1. The van der Waals surface area contributed by atoms with Gasteiger partial charge in [0.15, 0.2) is 12.2 Å². The molecule has 0 aromatic carbocycles. The second-order valence-corrected chi connectivity index (χ2v) is 29.2. The second-order valence-electron chi connectivity index (χ2n) is 26.3. The lowest BCUT2D eigenvalue weighted by molar-refractivity contribution is -0.161. The Hall–Kier alpha value is -2.98. The molecule has 562 valence electrons. The Kier molecular flexibility index (Phi) is 68.3. The number of allylic oxidation sites excluding steroid dienone is 8. The number of unbranched alkanes of at least 4 members (excludes halogenated alkanes) is 41. The Morgan fingerprint density at radius 3 is 0.792 bits per heavy atom. The molecule has 0 radical (unpaired) electrons. The normalized spacial score (nSPS) is 14.2. The van der Waals surface area contributed by atoms with Gasteiger partial charge in [0.05, 0.1) is 26.4 Å². The maximum atomic E-state index is 13.1. The molecule has 3 N–H and O–H groups in total. The number of carbonyl (C=O) groups excluding carboxylic acids is 4. The van der Waals surface area contributed by atoms with E-state index in [1.807, 2.05) is 0 Å². The summed E-state index contributed by atoms with van der Waals surface area (Å²) in [4.78, 5) is 72.8. The molecule has 17 nitrogen and oxygen atoms in total. The molecule has 0 fully saturated rings. The minimum atomic E-state index is -4.97. The molecule has 0 aromatic rings. The zero-order valence-electron chi connectivity index (χ0n) is 61.3. The van der Waals surface area contributed by atoms with Crippen LogP contribution < -0.4 is 0 Å². The van der Waals surface area contributed by atoms with Crippen molar-refractivity contribution in [3.8, 4) is 0 Å². The topological polar surface area (TPSA) is 237 Å². The Morgan fingerprint density at radius 1 is 0.292 bits per heavy atom. The number of hydrogen-bond acceptors (Lipinski definition) is 15. The van der Waals surface area contributed by atoms with E-state index in [4.69, 9.17) is 37.0 Å². The van der Waals surface area contributed by atoms with Crippen molar-refractivity contribution in [3.05, 3.63) is 48.6 Å². The summed E-state index contributed by atoms with van der Waals surface area (Å²) >= 11 is 0. The first kappa shape index (κ1) is 93.0. The van der Waals surface area contributed by atoms with Crippen LogP contribution in [-0.4, -0.2) is 96.7 Å². The Bertz CT molecular complexity index is 2010. The highest BCUT2D eigenvalue weighted by molar-refractivity contribution is 7.47. The van der Waals surface area contributed by atoms with E-state index in [1.165, 1.54) is 148 Å². The summed E-state index contributed by atoms with van der Waals surface area (Å²) in [7, 11) is -9.94. The lowest BCUT2D eigenvalue weighted by Gasteiger charge is -2.21. The molecule has 0 aromatic heterocycles. The molecule has 2 unspecified atom stereocenters. The van der Waals surface area contributed by atoms with E-state index in [0.717, 1.165) is 135 Å². The van der Waals surface area contributed by atoms with Gasteiger partial charge < -0.3 is 33.8 Å². The van der Waals surface area contributed by atoms with E-state index in [9.17, 15) is 43.2 Å². The van der Waals surface area contributed by atoms with Crippen molar-refractivity contribution in [1.82, 2.24) is 0 Å². The number of hydrogen-bond donors (Lipinski definition) is 3. The smallest absolute Gasteiger partial charge is 0.462 e. The lowest BCUT2D eigenvalue weighted by Crippen LogP contribution is -2.30. The molecule has 0 aliphatic carbocycles. The van der Waals surface area contributed by atoms with Crippen molar-refractivity contribution in [2.24, 2.45) is 0 Å². The van der Waals surface area contributed by atoms with Gasteiger partial charge in [-0.15, -0.1) is 0 Å². The average molecular weight is 1400 g/mol. The quantitative estimate of drug-likeness (QED) is 0.0128. The van der Waals surface area contributed by atoms with Crippen LogP contribution >= 0.6 is 15.6 Å². The maximum absolute atomic E-state index is 13.1. The van der Waals surface area contributed by atoms with E-state index >= 15 is 0 Å². The molecule has 0 aliphatic rings. The number of rotatable bonds is 74. The van der Waals surface area contributed by atoms with Crippen molar-refractivity contribution in [2.75, 3.05) is 39.6 Å². The molecule has 0 rings (SSSR count). The van der Waals surface area contributed by atoms with E-state index in [-0.39, 0.29) is 25.7 Å². The van der Waals surface area contributed by atoms with Crippen LogP contribution in [0.4, 0.5) is 0 Å². The van der Waals surface area contributed by atoms with E-state index in [2.05, 4.69) is 76.3 Å². The van der Waals surface area contributed by atoms with Crippen LogP contribution in [0, 0.1) is 0 Å². The van der Waals surface area contributed by atoms with Gasteiger partial charge in [0.1, 0.15) is 19.3 Å². The van der Waals surface area contributed by atoms with Crippen LogP contribution in [0.1, 0.15) is 362 Å². The first-order valence-corrected chi connectivity index (χ1v) is 41.9. The molecular weight excluding hydrogens is 1260 g/mol. The SMILES string of the molecule is CCCCCC/C=C\C=C/CCCCCCCC(=O)OC[C@H](COP(=O)(O)OC[C@@H](O)COP(=O)(O)OC[C@@H](COC(=O)CCCCCCCCCCCCCCC)OC(=O)CCCCCCC/C=C\CCCCCCCC)OC(=O)CCCCCCC/C=C\CCCCCC. The standard InChI is InChI=1S/C77H142O17P2/c1-5-9-13-17-21-25-29-33-35-39-42-46-50-54-58-62-75(80)88-68-72(93-76(81)63-59-55-51-47-43-38-32-28-24-20-16-12-8-4)69-91-95(83,84)89-65-71(78)66-90-96(85,86)92-70-73(67-87-74(79)61-57-53-49-45-41-37-31-27-23-19-15-11-7-3)94-77(82)64-60-56-52-48-44-40-36-34-30-26-22-18-14-10-6-2/h25,28-29,32-36,71-73,78H,5-24,26-27,30-31,37-70H2,1-4H3,(H,83,84)(H,85,86)/b29-25-,32-28-,35-33-,36-34-/t71-,72-,73-/m1/s1. The summed E-state index contributed by atoms with van der Waals surface area (Å²) in [6.45, 7) is 4.86. The van der Waals surface area contributed by atoms with Crippen molar-refractivity contribution in [1.29, 1.82) is 0 Å². The van der Waals surface area contributed by atoms with Crippen molar-refractivity contribution >= 4 is 39.5 Å². The predicted octanol–water partition coefficient (Wildman–Crippen LogP) is 22.1. The number of esters is 4. The minimum Gasteiger partial charge on any atom is -0.462 e. The summed E-state index contributed by atoms with van der Waals surface area (Å²) < 4.78 is 68.5. The van der Waals surface area contributed by atoms with Crippen LogP contribution in [-0.2, 0) is 65.4 Å². The summed E-state index contributed by atoms with van der Waals surface area (Å²) in [6, 6.07) is 0. The molecule has 0 bridgehead atoms. The monoisotopic (exact) mass is 1400 g/mol. The molecule has 19 heteroatoms. The van der Waals surface area contributed by atoms with E-state index < -0.39 is 97.5 Å². The van der Waals surface area contributed by atoms with Crippen LogP contribution in [0.5, 0.6) is 0 Å². The van der Waals surface area contributed by atoms with Crippen LogP contribution in [0.2, 0.25) is 0 Å². The van der Waals surface area contributed by atoms with Gasteiger partial charge in [-0.2, -0.15) is 0 Å². The molecule has 5 atom stereocenters. The van der Waals surface area contributed by atoms with Crippen LogP contribution in [0.25, 0.3) is 0 Å². The lowest BCUT2D eigenvalue weighted by atomic mass is 10.0. The summed E-state index contributed by atoms with van der Waals surface area (Å²) in [5, 5.41) is 10.6. The van der Waals surface area contributed by atoms with Crippen molar-refractivity contribution < 1.29 is 80.2 Å². The fourth-order valence-corrected chi connectivity index (χ4v) is 12.4. The van der Waals surface area contributed by atoms with Crippen LogP contribution in [0.15, 0.2) is 48.6 Å². The predicted molar refractivity (Wildman–Crippen MR) is 390 cm³/mol. The maximum Gasteiger partial charge on any atom is 0.472 e. The van der Waals surface area contributed by atoms with Gasteiger partial charge in [0, 0.05) is 25.7 Å². The molecule has 96 heavy (non-hydrogen) atoms. The number of phosphoric acid groups is 2. The third kappa shape index (κ3) is 69.5. The number of ether oxygens (including phenoxy) is 4. The molecule has 0 saturated carbocycles. The first-order chi connectivity index (χ1) is 46.7. The molecule has 0 spiro atoms. The number of aliphatic hydroxyl groups excluding tert-OH is 1. The highest BCUT2D eigenvalue weighted by atomic mass is 31.2. The van der Waals surface area contributed by atoms with Gasteiger partial charge in [-0.25, -0.2) is 9.13 Å². The Balaban J connectivity index is 5.33. The first-order valence-electron chi connectivity index (χ1n) is 38.9. The van der Waals surface area contributed by atoms with E-state index in [1.54, 1.807) is 0 Å². The number of carbonyl (C=O) groups is 4. The molecule has 0 aliphatic heterocycles. The molecule has 0 saturated heterocycles. The van der Waals surface area contributed by atoms with Gasteiger partial charge in [0.25, 0.3) is 0 Å². The fourth-order valence-electron chi connectivity index (χ4n) is 10.8. The molecule has 0 heterocycles. The Morgan fingerprint density at radius 2 is 0.510 bits per heavy atom. The van der Waals surface area contributed by atoms with E-state index in [0.29, 0.717) is 25.7 Å². The zero-order chi connectivity index (χ0) is 70.4. The average Bonchev–Trinajstić information content (AvgIpc) is 1.17. The summed E-state index contributed by atoms with van der Waals surface area (Å²) in [5.41, 5.74) is 0. The third-order valence-corrected chi connectivity index (χ3v) is 18.7. The third-order valence-electron chi connectivity index (χ3n) is 16.8. The fraction of sp³-hybridized carbons (Fsp3) is 0.844. The largest absolute Gasteiger partial charge is 0.472 e. The van der Waals surface area contributed by atoms with Gasteiger partial charge in [-0.05, 0) is 103 Å². The summed E-state index contributed by atoms with van der Waals surface area (Å²) in [5.74, 6) is -2.18. The highest BCUT2D eigenvalue weighted by Crippen LogP contribution is 2.45. The molecular formula is C77H142O17P2. The number of phosphoric ester groups is 2. The molecule has 0 amide bonds.